The Morgan fingerprint density at radius 1 is 1.40 bits per heavy atom. The molecule has 3 unspecified atom stereocenters. The van der Waals surface area contributed by atoms with E-state index in [1.54, 1.807) is 0 Å². The molecule has 1 nitrogen and oxygen atoms in total. The molecule has 56 valence electrons. The van der Waals surface area contributed by atoms with Crippen LogP contribution in [-0.2, 0) is 0 Å². The van der Waals surface area contributed by atoms with Crippen molar-refractivity contribution in [3.63, 3.8) is 0 Å². The van der Waals surface area contributed by atoms with Gasteiger partial charge in [-0.25, -0.2) is 0 Å². The first-order chi connectivity index (χ1) is 4.75. The van der Waals surface area contributed by atoms with Crippen molar-refractivity contribution in [2.45, 2.75) is 32.3 Å². The van der Waals surface area contributed by atoms with Crippen LogP contribution in [-0.4, -0.2) is 11.2 Å². The molecule has 0 amide bonds. The fourth-order valence-electron chi connectivity index (χ4n) is 3.97. The average molecular weight is 138 g/mol. The zero-order chi connectivity index (χ0) is 6.93. The van der Waals surface area contributed by atoms with Crippen LogP contribution in [0.25, 0.3) is 0 Å². The summed E-state index contributed by atoms with van der Waals surface area (Å²) in [7, 11) is 0. The maximum atomic E-state index is 9.55. The highest BCUT2D eigenvalue weighted by Crippen LogP contribution is 2.80. The molecule has 3 atom stereocenters. The molecule has 4 rings (SSSR count). The molecular formula is C9H14O. The first-order valence-electron chi connectivity index (χ1n) is 4.43. The number of hydrogen-bond acceptors (Lipinski definition) is 1. The predicted molar refractivity (Wildman–Crippen MR) is 38.4 cm³/mol. The molecule has 0 aromatic rings. The molecule has 0 spiro atoms. The molecule has 4 fully saturated rings. The fourth-order valence-corrected chi connectivity index (χ4v) is 3.97. The highest BCUT2D eigenvalue weighted by atomic mass is 16.3. The van der Waals surface area contributed by atoms with Crippen molar-refractivity contribution >= 4 is 0 Å². The smallest absolute Gasteiger partial charge is 0.0573 e. The lowest BCUT2D eigenvalue weighted by Gasteiger charge is -2.14. The van der Waals surface area contributed by atoms with Crippen molar-refractivity contribution < 1.29 is 5.11 Å². The zero-order valence-corrected chi connectivity index (χ0v) is 6.38. The Labute approximate surface area is 61.4 Å². The van der Waals surface area contributed by atoms with E-state index in [4.69, 9.17) is 0 Å². The summed E-state index contributed by atoms with van der Waals surface area (Å²) >= 11 is 0. The summed E-state index contributed by atoms with van der Waals surface area (Å²) in [6.45, 7) is 1.99. The molecule has 0 saturated heterocycles. The van der Waals surface area contributed by atoms with E-state index in [2.05, 4.69) is 0 Å². The Balaban J connectivity index is 1.99. The van der Waals surface area contributed by atoms with E-state index in [1.807, 2.05) is 6.92 Å². The van der Waals surface area contributed by atoms with Gasteiger partial charge in [-0.15, -0.1) is 0 Å². The van der Waals surface area contributed by atoms with Crippen LogP contribution in [0.15, 0.2) is 0 Å². The Kier molecular flexibility index (Phi) is 0.722. The number of aliphatic hydroxyl groups excluding tert-OH is 1. The predicted octanol–water partition coefficient (Wildman–Crippen LogP) is 1.41. The average Bonchev–Trinajstić information content (AvgIpc) is 2.42. The van der Waals surface area contributed by atoms with Gasteiger partial charge in [-0.05, 0) is 43.9 Å². The summed E-state index contributed by atoms with van der Waals surface area (Å²) in [5.41, 5.74) is 0.449. The summed E-state index contributed by atoms with van der Waals surface area (Å²) in [5.74, 6) is 2.89. The van der Waals surface area contributed by atoms with Gasteiger partial charge in [0.2, 0.25) is 0 Å². The number of rotatable bonds is 1. The molecule has 1 N–H and O–H groups in total. The summed E-state index contributed by atoms with van der Waals surface area (Å²) in [5, 5.41) is 9.55. The van der Waals surface area contributed by atoms with Gasteiger partial charge in [-0.3, -0.25) is 0 Å². The van der Waals surface area contributed by atoms with Gasteiger partial charge in [0.25, 0.3) is 0 Å². The Bertz CT molecular complexity index is 173. The van der Waals surface area contributed by atoms with Crippen molar-refractivity contribution in [3.05, 3.63) is 0 Å². The maximum absolute atomic E-state index is 9.55. The highest BCUT2D eigenvalue weighted by Gasteiger charge is 2.75. The minimum absolute atomic E-state index is 0.0185. The summed E-state index contributed by atoms with van der Waals surface area (Å²) in [6.07, 6.45) is 4.21. The molecule has 0 aromatic carbocycles. The molecule has 0 heterocycles. The largest absolute Gasteiger partial charge is 0.393 e. The molecule has 0 aliphatic heterocycles. The van der Waals surface area contributed by atoms with E-state index < -0.39 is 0 Å². The third kappa shape index (κ3) is 0.355. The lowest BCUT2D eigenvalue weighted by Crippen LogP contribution is -2.17. The molecule has 1 heteroatoms. The van der Waals surface area contributed by atoms with Gasteiger partial charge in [0.1, 0.15) is 0 Å². The summed E-state index contributed by atoms with van der Waals surface area (Å²) < 4.78 is 0. The highest BCUT2D eigenvalue weighted by molar-refractivity contribution is 5.24. The summed E-state index contributed by atoms with van der Waals surface area (Å²) in [6, 6.07) is 0. The second-order valence-electron chi connectivity index (χ2n) is 4.54. The van der Waals surface area contributed by atoms with E-state index in [-0.39, 0.29) is 6.10 Å². The minimum atomic E-state index is -0.0185. The second-order valence-corrected chi connectivity index (χ2v) is 4.54. The van der Waals surface area contributed by atoms with Crippen LogP contribution in [0.2, 0.25) is 0 Å². The molecule has 4 bridgehead atoms. The van der Waals surface area contributed by atoms with Gasteiger partial charge in [0.15, 0.2) is 0 Å². The Morgan fingerprint density at radius 2 is 2.00 bits per heavy atom. The molecule has 0 radical (unpaired) electrons. The van der Waals surface area contributed by atoms with E-state index in [0.717, 1.165) is 17.8 Å². The maximum Gasteiger partial charge on any atom is 0.0573 e. The van der Waals surface area contributed by atoms with Crippen LogP contribution in [0.5, 0.6) is 0 Å². The van der Waals surface area contributed by atoms with Gasteiger partial charge >= 0.3 is 0 Å². The van der Waals surface area contributed by atoms with Crippen molar-refractivity contribution in [1.29, 1.82) is 0 Å². The molecule has 10 heavy (non-hydrogen) atoms. The molecule has 4 aliphatic rings. The van der Waals surface area contributed by atoms with Crippen molar-refractivity contribution in [1.82, 2.24) is 0 Å². The topological polar surface area (TPSA) is 20.2 Å². The van der Waals surface area contributed by atoms with Gasteiger partial charge in [0.05, 0.1) is 6.10 Å². The van der Waals surface area contributed by atoms with E-state index in [0.29, 0.717) is 5.41 Å². The van der Waals surface area contributed by atoms with Gasteiger partial charge in [-0.2, -0.15) is 0 Å². The van der Waals surface area contributed by atoms with Crippen LogP contribution in [0.1, 0.15) is 26.2 Å². The van der Waals surface area contributed by atoms with Crippen LogP contribution in [0, 0.1) is 23.2 Å². The minimum Gasteiger partial charge on any atom is -0.393 e. The van der Waals surface area contributed by atoms with Gasteiger partial charge in [-0.1, -0.05) is 0 Å². The molecule has 4 saturated carbocycles. The lowest BCUT2D eigenvalue weighted by molar-refractivity contribution is 0.103. The first kappa shape index (κ1) is 5.59. The monoisotopic (exact) mass is 138 g/mol. The standard InChI is InChI=1S/C9H14O/c1-5(10)9-4-6-2-7(9)8(9)3-6/h5-8,10H,2-4H2,1H3. The summed E-state index contributed by atoms with van der Waals surface area (Å²) in [4.78, 5) is 0. The van der Waals surface area contributed by atoms with Crippen molar-refractivity contribution in [2.24, 2.45) is 23.2 Å². The third-order valence-electron chi connectivity index (χ3n) is 4.35. The van der Waals surface area contributed by atoms with E-state index in [1.165, 1.54) is 19.3 Å². The first-order valence-corrected chi connectivity index (χ1v) is 4.43. The van der Waals surface area contributed by atoms with Crippen LogP contribution in [0.3, 0.4) is 0 Å². The van der Waals surface area contributed by atoms with Crippen LogP contribution < -0.4 is 0 Å². The van der Waals surface area contributed by atoms with Gasteiger partial charge in [0, 0.05) is 5.41 Å². The number of hydrogen-bond donors (Lipinski definition) is 1. The van der Waals surface area contributed by atoms with Crippen LogP contribution >= 0.6 is 0 Å². The quantitative estimate of drug-likeness (QED) is 0.581. The van der Waals surface area contributed by atoms with Crippen LogP contribution in [0.4, 0.5) is 0 Å². The Hall–Kier alpha value is -0.0400. The Morgan fingerprint density at radius 3 is 2.20 bits per heavy atom. The normalized spacial score (nSPS) is 64.8. The zero-order valence-electron chi connectivity index (χ0n) is 6.38. The van der Waals surface area contributed by atoms with E-state index in [9.17, 15) is 5.11 Å². The van der Waals surface area contributed by atoms with Crippen molar-refractivity contribution in [2.75, 3.05) is 0 Å². The SMILES string of the molecule is CC(O)C12CC3CC1C2C3. The second kappa shape index (κ2) is 1.29. The van der Waals surface area contributed by atoms with E-state index >= 15 is 0 Å². The molecule has 4 aliphatic carbocycles. The molecular weight excluding hydrogens is 124 g/mol. The fraction of sp³-hybridized carbons (Fsp3) is 1.00. The number of aliphatic hydroxyl groups is 1. The van der Waals surface area contributed by atoms with Gasteiger partial charge < -0.3 is 5.11 Å². The third-order valence-corrected chi connectivity index (χ3v) is 4.35. The molecule has 0 aromatic heterocycles. The lowest BCUT2D eigenvalue weighted by atomic mass is 9.98. The van der Waals surface area contributed by atoms with Crippen molar-refractivity contribution in [3.8, 4) is 0 Å².